The lowest BCUT2D eigenvalue weighted by atomic mass is 10.1. The fraction of sp³-hybridized carbons (Fsp3) is 0.235. The number of carbonyl (C=O) groups is 1. The Morgan fingerprint density at radius 3 is 2.80 bits per heavy atom. The van der Waals surface area contributed by atoms with E-state index in [-0.39, 0.29) is 11.8 Å². The fourth-order valence-corrected chi connectivity index (χ4v) is 2.83. The number of aromatic nitrogens is 3. The van der Waals surface area contributed by atoms with Crippen LogP contribution in [0.25, 0.3) is 0 Å². The highest BCUT2D eigenvalue weighted by atomic mass is 16.5. The van der Waals surface area contributed by atoms with Gasteiger partial charge >= 0.3 is 0 Å². The molecule has 0 saturated carbocycles. The molecule has 2 aromatic heterocycles. The zero-order valence-electron chi connectivity index (χ0n) is 13.1. The predicted molar refractivity (Wildman–Crippen MR) is 84.5 cm³/mol. The van der Waals surface area contributed by atoms with Crippen LogP contribution in [0.1, 0.15) is 35.4 Å². The van der Waals surface area contributed by atoms with Crippen molar-refractivity contribution in [3.63, 3.8) is 0 Å². The summed E-state index contributed by atoms with van der Waals surface area (Å²) in [6.45, 7) is 0.467. The molecule has 1 unspecified atom stereocenters. The third kappa shape index (κ3) is 2.99. The van der Waals surface area contributed by atoms with Crippen molar-refractivity contribution in [2.45, 2.75) is 18.8 Å². The molecule has 8 nitrogen and oxygen atoms in total. The van der Waals surface area contributed by atoms with Gasteiger partial charge in [0.05, 0.1) is 30.2 Å². The molecule has 1 atom stereocenters. The van der Waals surface area contributed by atoms with E-state index in [2.05, 4.69) is 21.4 Å². The number of nitriles is 1. The van der Waals surface area contributed by atoms with Crippen molar-refractivity contribution in [2.24, 2.45) is 0 Å². The van der Waals surface area contributed by atoms with E-state index in [9.17, 15) is 4.79 Å². The normalized spacial score (nSPS) is 17.0. The van der Waals surface area contributed by atoms with Crippen molar-refractivity contribution < 1.29 is 13.8 Å². The third-order valence-corrected chi connectivity index (χ3v) is 4.09. The largest absolute Gasteiger partial charge is 0.361 e. The number of nitrogens with zero attached hydrogens (tertiary/aromatic N) is 5. The summed E-state index contributed by atoms with van der Waals surface area (Å²) in [5, 5.41) is 16.4. The van der Waals surface area contributed by atoms with E-state index in [1.54, 1.807) is 41.4 Å². The summed E-state index contributed by atoms with van der Waals surface area (Å²) < 4.78 is 10.3. The lowest BCUT2D eigenvalue weighted by Crippen LogP contribution is -2.24. The maximum atomic E-state index is 12.3. The van der Waals surface area contributed by atoms with Gasteiger partial charge in [-0.15, -0.1) is 0 Å². The van der Waals surface area contributed by atoms with Crippen LogP contribution in [-0.4, -0.2) is 27.7 Å². The van der Waals surface area contributed by atoms with Gasteiger partial charge in [0.15, 0.2) is 5.82 Å². The molecule has 1 fully saturated rings. The summed E-state index contributed by atoms with van der Waals surface area (Å²) in [6, 6.07) is 10.7. The van der Waals surface area contributed by atoms with Crippen LogP contribution in [0.5, 0.6) is 0 Å². The van der Waals surface area contributed by atoms with Gasteiger partial charge in [-0.1, -0.05) is 10.3 Å². The number of benzene rings is 1. The Morgan fingerprint density at radius 1 is 1.24 bits per heavy atom. The molecule has 3 heterocycles. The minimum atomic E-state index is -0.154. The summed E-state index contributed by atoms with van der Waals surface area (Å²) in [5.74, 6) is 1.42. The first kappa shape index (κ1) is 15.1. The molecular weight excluding hydrogens is 322 g/mol. The molecule has 1 aliphatic rings. The molecule has 1 amide bonds. The number of carbonyl (C=O) groups excluding carboxylic acids is 1. The number of rotatable bonds is 4. The average Bonchev–Trinajstić information content (AvgIpc) is 3.37. The van der Waals surface area contributed by atoms with Crippen LogP contribution in [0, 0.1) is 11.3 Å². The van der Waals surface area contributed by atoms with Crippen molar-refractivity contribution in [3.05, 3.63) is 59.6 Å². The first-order chi connectivity index (χ1) is 12.2. The number of hydrogen-bond acceptors (Lipinski definition) is 7. The van der Waals surface area contributed by atoms with E-state index < -0.39 is 0 Å². The molecule has 4 rings (SSSR count). The SMILES string of the molecule is N#Cc1ccc(N2CC(c3nc(Cc4ccno4)no3)CC2=O)cc1. The standard InChI is InChI=1S/C17H13N5O3/c18-9-11-1-3-13(4-2-11)22-10-12(7-16(22)23)17-20-15(21-25-17)8-14-5-6-19-24-14/h1-6,12H,7-8,10H2. The lowest BCUT2D eigenvalue weighted by molar-refractivity contribution is -0.117. The van der Waals surface area contributed by atoms with Gasteiger partial charge in [-0.05, 0) is 24.3 Å². The predicted octanol–water partition coefficient (Wildman–Crippen LogP) is 2.04. The van der Waals surface area contributed by atoms with Gasteiger partial charge in [-0.25, -0.2) is 0 Å². The van der Waals surface area contributed by atoms with Gasteiger partial charge < -0.3 is 13.9 Å². The summed E-state index contributed by atoms with van der Waals surface area (Å²) in [6.07, 6.45) is 2.26. The second-order valence-corrected chi connectivity index (χ2v) is 5.77. The molecule has 124 valence electrons. The van der Waals surface area contributed by atoms with E-state index >= 15 is 0 Å². The van der Waals surface area contributed by atoms with E-state index in [0.717, 1.165) is 5.69 Å². The van der Waals surface area contributed by atoms with Gasteiger partial charge in [-0.3, -0.25) is 4.79 Å². The Labute approximate surface area is 142 Å². The van der Waals surface area contributed by atoms with Crippen molar-refractivity contribution in [3.8, 4) is 6.07 Å². The summed E-state index contributed by atoms with van der Waals surface area (Å²) in [7, 11) is 0. The Hall–Kier alpha value is -3.47. The number of amides is 1. The molecule has 1 saturated heterocycles. The van der Waals surface area contributed by atoms with Crippen LogP contribution < -0.4 is 4.90 Å². The lowest BCUT2D eigenvalue weighted by Gasteiger charge is -2.15. The molecule has 0 radical (unpaired) electrons. The molecule has 0 N–H and O–H groups in total. The van der Waals surface area contributed by atoms with E-state index in [4.69, 9.17) is 14.3 Å². The molecule has 3 aromatic rings. The minimum absolute atomic E-state index is 0.00954. The van der Waals surface area contributed by atoms with E-state index in [1.165, 1.54) is 0 Å². The maximum Gasteiger partial charge on any atom is 0.232 e. The van der Waals surface area contributed by atoms with E-state index in [0.29, 0.717) is 42.4 Å². The topological polar surface area (TPSA) is 109 Å². The highest BCUT2D eigenvalue weighted by molar-refractivity contribution is 5.96. The minimum Gasteiger partial charge on any atom is -0.361 e. The first-order valence-electron chi connectivity index (χ1n) is 7.75. The first-order valence-corrected chi connectivity index (χ1v) is 7.75. The molecule has 0 bridgehead atoms. The molecule has 8 heteroatoms. The number of hydrogen-bond donors (Lipinski definition) is 0. The maximum absolute atomic E-state index is 12.3. The average molecular weight is 335 g/mol. The molecule has 25 heavy (non-hydrogen) atoms. The second-order valence-electron chi connectivity index (χ2n) is 5.77. The van der Waals surface area contributed by atoms with Crippen molar-refractivity contribution in [1.29, 1.82) is 5.26 Å². The Balaban J connectivity index is 1.48. The Bertz CT molecular complexity index is 924. The highest BCUT2D eigenvalue weighted by Gasteiger charge is 2.35. The van der Waals surface area contributed by atoms with Gasteiger partial charge in [0.1, 0.15) is 5.76 Å². The molecule has 0 spiro atoms. The van der Waals surface area contributed by atoms with Crippen molar-refractivity contribution in [2.75, 3.05) is 11.4 Å². The highest BCUT2D eigenvalue weighted by Crippen LogP contribution is 2.31. The van der Waals surface area contributed by atoms with E-state index in [1.807, 2.05) is 0 Å². The van der Waals surface area contributed by atoms with Crippen LogP contribution in [0.2, 0.25) is 0 Å². The van der Waals surface area contributed by atoms with Crippen LogP contribution in [0.15, 0.2) is 45.6 Å². The van der Waals surface area contributed by atoms with Crippen LogP contribution in [0.3, 0.4) is 0 Å². The summed E-state index contributed by atoms with van der Waals surface area (Å²) >= 11 is 0. The summed E-state index contributed by atoms with van der Waals surface area (Å²) in [4.78, 5) is 18.4. The van der Waals surface area contributed by atoms with Crippen LogP contribution in [-0.2, 0) is 11.2 Å². The van der Waals surface area contributed by atoms with Gasteiger partial charge in [0.2, 0.25) is 11.8 Å². The zero-order valence-corrected chi connectivity index (χ0v) is 13.1. The van der Waals surface area contributed by atoms with Crippen LogP contribution in [0.4, 0.5) is 5.69 Å². The smallest absolute Gasteiger partial charge is 0.232 e. The quantitative estimate of drug-likeness (QED) is 0.717. The van der Waals surface area contributed by atoms with Gasteiger partial charge in [0.25, 0.3) is 0 Å². The summed E-state index contributed by atoms with van der Waals surface area (Å²) in [5.41, 5.74) is 1.31. The Kier molecular flexibility index (Phi) is 3.74. The monoisotopic (exact) mass is 335 g/mol. The van der Waals surface area contributed by atoms with Gasteiger partial charge in [0, 0.05) is 24.7 Å². The molecule has 1 aromatic carbocycles. The van der Waals surface area contributed by atoms with Crippen molar-refractivity contribution in [1.82, 2.24) is 15.3 Å². The van der Waals surface area contributed by atoms with Crippen molar-refractivity contribution >= 4 is 11.6 Å². The Morgan fingerprint density at radius 2 is 2.08 bits per heavy atom. The number of anilines is 1. The molecule has 1 aliphatic heterocycles. The fourth-order valence-electron chi connectivity index (χ4n) is 2.83. The molecular formula is C17H13N5O3. The van der Waals surface area contributed by atoms with Gasteiger partial charge in [-0.2, -0.15) is 10.2 Å². The van der Waals surface area contributed by atoms with Crippen LogP contribution >= 0.6 is 0 Å². The zero-order chi connectivity index (χ0) is 17.2. The molecule has 0 aliphatic carbocycles. The third-order valence-electron chi connectivity index (χ3n) is 4.09. The second kappa shape index (κ2) is 6.20.